The van der Waals surface area contributed by atoms with Gasteiger partial charge in [0.2, 0.25) is 0 Å². The van der Waals surface area contributed by atoms with Crippen molar-refractivity contribution in [3.8, 4) is 0 Å². The van der Waals surface area contributed by atoms with Gasteiger partial charge in [-0.3, -0.25) is 0 Å². The molecule has 0 saturated carbocycles. The van der Waals surface area contributed by atoms with E-state index in [0.717, 1.165) is 12.5 Å². The fourth-order valence-electron chi connectivity index (χ4n) is 2.39. The molecule has 0 radical (unpaired) electrons. The highest BCUT2D eigenvalue weighted by molar-refractivity contribution is 4.75. The summed E-state index contributed by atoms with van der Waals surface area (Å²) in [5.41, 5.74) is 0. The maximum atomic E-state index is 5.23. The Balaban J connectivity index is 2.22. The smallest absolute Gasteiger partial charge is 0.171 e. The van der Waals surface area contributed by atoms with Gasteiger partial charge in [-0.05, 0) is 45.8 Å². The quantitative estimate of drug-likeness (QED) is 0.688. The van der Waals surface area contributed by atoms with Crippen molar-refractivity contribution in [2.24, 2.45) is 5.92 Å². The molecule has 0 bridgehead atoms. The molecule has 16 heavy (non-hydrogen) atoms. The molecule has 0 amide bonds. The highest BCUT2D eigenvalue weighted by Gasteiger charge is 2.20. The van der Waals surface area contributed by atoms with Crippen molar-refractivity contribution in [2.45, 2.75) is 32.1 Å². The number of nitrogens with one attached hydrogen (secondary N) is 1. The fraction of sp³-hybridized carbons (Fsp3) is 1.00. The Labute approximate surface area is 99.3 Å². The van der Waals surface area contributed by atoms with Gasteiger partial charge in [0.05, 0.1) is 6.04 Å². The van der Waals surface area contributed by atoms with E-state index in [2.05, 4.69) is 24.2 Å². The molecule has 4 nitrogen and oxygen atoms in total. The topological polar surface area (TPSA) is 33.7 Å². The summed E-state index contributed by atoms with van der Waals surface area (Å²) in [6.45, 7) is 5.59. The Hall–Kier alpha value is -0.160. The van der Waals surface area contributed by atoms with Crippen LogP contribution in [0.25, 0.3) is 0 Å². The van der Waals surface area contributed by atoms with E-state index in [9.17, 15) is 0 Å². The molecule has 96 valence electrons. The average Bonchev–Trinajstić information content (AvgIpc) is 2.28. The van der Waals surface area contributed by atoms with E-state index in [-0.39, 0.29) is 12.3 Å². The second-order valence-electron chi connectivity index (χ2n) is 4.81. The van der Waals surface area contributed by atoms with Crippen LogP contribution in [0.5, 0.6) is 0 Å². The van der Waals surface area contributed by atoms with Crippen LogP contribution in [0.3, 0.4) is 0 Å². The lowest BCUT2D eigenvalue weighted by Gasteiger charge is -2.31. The lowest BCUT2D eigenvalue weighted by Crippen LogP contribution is -2.44. The Kier molecular flexibility index (Phi) is 6.28. The summed E-state index contributed by atoms with van der Waals surface area (Å²) in [4.78, 5) is 2.41. The lowest BCUT2D eigenvalue weighted by atomic mass is 9.98. The summed E-state index contributed by atoms with van der Waals surface area (Å²) in [5, 5.41) is 3.50. The Morgan fingerprint density at radius 2 is 2.06 bits per heavy atom. The van der Waals surface area contributed by atoms with E-state index in [1.54, 1.807) is 14.2 Å². The first-order valence-corrected chi connectivity index (χ1v) is 6.15. The molecule has 4 heteroatoms. The summed E-state index contributed by atoms with van der Waals surface area (Å²) >= 11 is 0. The third-order valence-corrected chi connectivity index (χ3v) is 3.32. The monoisotopic (exact) mass is 230 g/mol. The Morgan fingerprint density at radius 3 is 2.62 bits per heavy atom. The highest BCUT2D eigenvalue weighted by Crippen LogP contribution is 2.14. The van der Waals surface area contributed by atoms with Crippen LogP contribution in [0, 0.1) is 5.92 Å². The number of ether oxygens (including phenoxy) is 2. The van der Waals surface area contributed by atoms with Crippen LogP contribution in [-0.4, -0.2) is 58.1 Å². The van der Waals surface area contributed by atoms with Gasteiger partial charge in [-0.15, -0.1) is 0 Å². The zero-order valence-corrected chi connectivity index (χ0v) is 11.0. The van der Waals surface area contributed by atoms with Crippen molar-refractivity contribution < 1.29 is 9.47 Å². The Bertz CT molecular complexity index is 184. The van der Waals surface area contributed by atoms with Crippen LogP contribution < -0.4 is 5.32 Å². The number of nitrogens with zero attached hydrogens (tertiary/aromatic N) is 1. The molecule has 0 aromatic carbocycles. The summed E-state index contributed by atoms with van der Waals surface area (Å²) in [7, 11) is 5.56. The van der Waals surface area contributed by atoms with E-state index < -0.39 is 0 Å². The first kappa shape index (κ1) is 13.9. The molecule has 1 saturated heterocycles. The maximum Gasteiger partial charge on any atom is 0.171 e. The predicted molar refractivity (Wildman–Crippen MR) is 65.5 cm³/mol. The van der Waals surface area contributed by atoms with E-state index in [1.165, 1.54) is 25.9 Å². The zero-order valence-electron chi connectivity index (χ0n) is 11.0. The summed E-state index contributed by atoms with van der Waals surface area (Å²) in [6.07, 6.45) is 2.49. The molecule has 0 aliphatic carbocycles. The van der Waals surface area contributed by atoms with Crippen molar-refractivity contribution in [1.82, 2.24) is 10.2 Å². The number of hydrogen-bond donors (Lipinski definition) is 1. The average molecular weight is 230 g/mol. The molecule has 0 aromatic rings. The van der Waals surface area contributed by atoms with Crippen LogP contribution in [-0.2, 0) is 9.47 Å². The van der Waals surface area contributed by atoms with Gasteiger partial charge in [-0.25, -0.2) is 0 Å². The minimum absolute atomic E-state index is 0.152. The van der Waals surface area contributed by atoms with Crippen LogP contribution in [0.2, 0.25) is 0 Å². The normalized spacial score (nSPS) is 24.9. The molecule has 1 rings (SSSR count). The van der Waals surface area contributed by atoms with Crippen LogP contribution in [0.4, 0.5) is 0 Å². The molecular weight excluding hydrogens is 204 g/mol. The van der Waals surface area contributed by atoms with Crippen molar-refractivity contribution in [3.05, 3.63) is 0 Å². The minimum Gasteiger partial charge on any atom is -0.354 e. The number of rotatable bonds is 6. The molecule has 0 spiro atoms. The van der Waals surface area contributed by atoms with Crippen molar-refractivity contribution in [3.63, 3.8) is 0 Å². The SMILES string of the molecule is COC(OC)C(C)NCC1CCCN(C)C1. The van der Waals surface area contributed by atoms with Gasteiger partial charge in [-0.1, -0.05) is 0 Å². The zero-order chi connectivity index (χ0) is 12.0. The van der Waals surface area contributed by atoms with Gasteiger partial charge in [0.15, 0.2) is 6.29 Å². The minimum atomic E-state index is -0.152. The van der Waals surface area contributed by atoms with E-state index >= 15 is 0 Å². The van der Waals surface area contributed by atoms with Crippen LogP contribution in [0.15, 0.2) is 0 Å². The first-order valence-electron chi connectivity index (χ1n) is 6.15. The second-order valence-corrected chi connectivity index (χ2v) is 4.81. The van der Waals surface area contributed by atoms with Crippen molar-refractivity contribution >= 4 is 0 Å². The molecule has 0 aromatic heterocycles. The second kappa shape index (κ2) is 7.22. The molecule has 1 N–H and O–H groups in total. The molecule has 2 atom stereocenters. The third-order valence-electron chi connectivity index (χ3n) is 3.32. The number of methoxy groups -OCH3 is 2. The lowest BCUT2D eigenvalue weighted by molar-refractivity contribution is -0.119. The largest absolute Gasteiger partial charge is 0.354 e. The van der Waals surface area contributed by atoms with Gasteiger partial charge in [0.25, 0.3) is 0 Å². The van der Waals surface area contributed by atoms with Crippen molar-refractivity contribution in [1.29, 1.82) is 0 Å². The molecule has 1 aliphatic heterocycles. The first-order chi connectivity index (χ1) is 7.67. The highest BCUT2D eigenvalue weighted by atomic mass is 16.7. The van der Waals surface area contributed by atoms with Gasteiger partial charge in [0, 0.05) is 20.8 Å². The number of likely N-dealkylation sites (tertiary alicyclic amines) is 1. The number of hydrogen-bond acceptors (Lipinski definition) is 4. The molecule has 1 heterocycles. The van der Waals surface area contributed by atoms with Crippen LogP contribution in [0.1, 0.15) is 19.8 Å². The summed E-state index contributed by atoms with van der Waals surface area (Å²) < 4.78 is 10.5. The fourth-order valence-corrected chi connectivity index (χ4v) is 2.39. The summed E-state index contributed by atoms with van der Waals surface area (Å²) in [6, 6.07) is 0.238. The third kappa shape index (κ3) is 4.37. The molecule has 1 aliphatic rings. The number of piperidine rings is 1. The van der Waals surface area contributed by atoms with Gasteiger partial charge < -0.3 is 19.7 Å². The molecule has 1 fully saturated rings. The Morgan fingerprint density at radius 1 is 1.38 bits per heavy atom. The van der Waals surface area contributed by atoms with E-state index in [1.807, 2.05) is 0 Å². The van der Waals surface area contributed by atoms with E-state index in [4.69, 9.17) is 9.47 Å². The molecule has 2 unspecified atom stereocenters. The summed E-state index contributed by atoms with van der Waals surface area (Å²) in [5.74, 6) is 0.760. The predicted octanol–water partition coefficient (Wildman–Crippen LogP) is 0.925. The molecular formula is C12H26N2O2. The standard InChI is InChI=1S/C12H26N2O2/c1-10(12(15-3)16-4)13-8-11-6-5-7-14(2)9-11/h10-13H,5-9H2,1-4H3. The van der Waals surface area contributed by atoms with Gasteiger partial charge in [0.1, 0.15) is 0 Å². The maximum absolute atomic E-state index is 5.23. The van der Waals surface area contributed by atoms with Gasteiger partial charge in [-0.2, -0.15) is 0 Å². The van der Waals surface area contributed by atoms with E-state index in [0.29, 0.717) is 0 Å². The van der Waals surface area contributed by atoms with Gasteiger partial charge >= 0.3 is 0 Å². The van der Waals surface area contributed by atoms with Crippen LogP contribution >= 0.6 is 0 Å². The van der Waals surface area contributed by atoms with Crippen molar-refractivity contribution in [2.75, 3.05) is 40.9 Å².